The van der Waals surface area contributed by atoms with Gasteiger partial charge in [0.15, 0.2) is 0 Å². The third kappa shape index (κ3) is 4.07. The average molecular weight is 308 g/mol. The van der Waals surface area contributed by atoms with E-state index >= 15 is 0 Å². The van der Waals surface area contributed by atoms with E-state index < -0.39 is 0 Å². The predicted molar refractivity (Wildman–Crippen MR) is 84.8 cm³/mol. The first-order valence-electron chi connectivity index (χ1n) is 8.40. The number of hydrogen-bond acceptors (Lipinski definition) is 5. The summed E-state index contributed by atoms with van der Waals surface area (Å²) in [6.07, 6.45) is 6.33. The molecule has 6 nitrogen and oxygen atoms in total. The van der Waals surface area contributed by atoms with Crippen LogP contribution in [0.15, 0.2) is 12.4 Å². The van der Waals surface area contributed by atoms with E-state index in [4.69, 9.17) is 9.47 Å². The number of piperazine rings is 1. The standard InChI is InChI=1S/C16H28N4O2/c1-21-13-10-20-5-4-17-16(20)14-18-6-8-19(9-7-18)15-2-11-22-12-3-15/h4-5,15H,2-3,6-14H2,1H3. The molecule has 0 radical (unpaired) electrons. The van der Waals surface area contributed by atoms with Crippen LogP contribution in [0.2, 0.25) is 0 Å². The Kier molecular flexibility index (Phi) is 5.83. The minimum Gasteiger partial charge on any atom is -0.383 e. The Morgan fingerprint density at radius 3 is 2.73 bits per heavy atom. The van der Waals surface area contributed by atoms with Gasteiger partial charge in [-0.2, -0.15) is 0 Å². The molecule has 2 aliphatic heterocycles. The topological polar surface area (TPSA) is 42.8 Å². The van der Waals surface area contributed by atoms with E-state index in [1.165, 1.54) is 25.9 Å². The number of rotatable bonds is 6. The predicted octanol–water partition coefficient (Wildman–Crippen LogP) is 0.826. The van der Waals surface area contributed by atoms with Gasteiger partial charge >= 0.3 is 0 Å². The SMILES string of the molecule is COCCn1ccnc1CN1CCN(C2CCOCC2)CC1. The third-order valence-corrected chi connectivity index (χ3v) is 4.82. The number of nitrogens with zero attached hydrogens (tertiary/aromatic N) is 4. The monoisotopic (exact) mass is 308 g/mol. The van der Waals surface area contributed by atoms with Crippen molar-refractivity contribution in [3.8, 4) is 0 Å². The Morgan fingerprint density at radius 2 is 2.00 bits per heavy atom. The van der Waals surface area contributed by atoms with Gasteiger partial charge in [0.1, 0.15) is 5.82 Å². The molecule has 1 aromatic heterocycles. The number of imidazole rings is 1. The zero-order chi connectivity index (χ0) is 15.2. The van der Waals surface area contributed by atoms with Crippen LogP contribution in [0.3, 0.4) is 0 Å². The molecule has 0 saturated carbocycles. The average Bonchev–Trinajstić information content (AvgIpc) is 3.01. The van der Waals surface area contributed by atoms with Crippen LogP contribution in [0.25, 0.3) is 0 Å². The van der Waals surface area contributed by atoms with Crippen LogP contribution in [0.4, 0.5) is 0 Å². The summed E-state index contributed by atoms with van der Waals surface area (Å²) in [4.78, 5) is 9.67. The van der Waals surface area contributed by atoms with Crippen LogP contribution in [0, 0.1) is 0 Å². The molecule has 3 heterocycles. The fourth-order valence-corrected chi connectivity index (χ4v) is 3.42. The molecule has 2 fully saturated rings. The van der Waals surface area contributed by atoms with Crippen molar-refractivity contribution < 1.29 is 9.47 Å². The Balaban J connectivity index is 1.46. The first kappa shape index (κ1) is 15.9. The Bertz CT molecular complexity index is 437. The Morgan fingerprint density at radius 1 is 1.23 bits per heavy atom. The normalized spacial score (nSPS) is 22.2. The maximum Gasteiger partial charge on any atom is 0.122 e. The van der Waals surface area contributed by atoms with Gasteiger partial charge in [-0.1, -0.05) is 0 Å². The van der Waals surface area contributed by atoms with E-state index in [-0.39, 0.29) is 0 Å². The van der Waals surface area contributed by atoms with E-state index in [9.17, 15) is 0 Å². The maximum atomic E-state index is 5.47. The summed E-state index contributed by atoms with van der Waals surface area (Å²) in [5.41, 5.74) is 0. The highest BCUT2D eigenvalue weighted by Crippen LogP contribution is 2.17. The summed E-state index contributed by atoms with van der Waals surface area (Å²) in [5.74, 6) is 1.15. The molecule has 124 valence electrons. The van der Waals surface area contributed by atoms with Crippen molar-refractivity contribution in [1.29, 1.82) is 0 Å². The van der Waals surface area contributed by atoms with Crippen LogP contribution in [-0.2, 0) is 22.6 Å². The van der Waals surface area contributed by atoms with Crippen LogP contribution in [-0.4, -0.2) is 78.5 Å². The molecule has 0 unspecified atom stereocenters. The van der Waals surface area contributed by atoms with Crippen molar-refractivity contribution in [2.45, 2.75) is 32.0 Å². The second-order valence-corrected chi connectivity index (χ2v) is 6.19. The van der Waals surface area contributed by atoms with Crippen LogP contribution >= 0.6 is 0 Å². The lowest BCUT2D eigenvalue weighted by Gasteiger charge is -2.40. The van der Waals surface area contributed by atoms with Crippen molar-refractivity contribution in [3.05, 3.63) is 18.2 Å². The van der Waals surface area contributed by atoms with Crippen molar-refractivity contribution in [1.82, 2.24) is 19.4 Å². The fourth-order valence-electron chi connectivity index (χ4n) is 3.42. The van der Waals surface area contributed by atoms with Gasteiger partial charge in [-0.15, -0.1) is 0 Å². The molecule has 2 saturated heterocycles. The van der Waals surface area contributed by atoms with Gasteiger partial charge in [0.2, 0.25) is 0 Å². The molecule has 0 aliphatic carbocycles. The van der Waals surface area contributed by atoms with E-state index in [0.29, 0.717) is 0 Å². The Hall–Kier alpha value is -0.950. The highest BCUT2D eigenvalue weighted by atomic mass is 16.5. The van der Waals surface area contributed by atoms with Crippen molar-refractivity contribution in [3.63, 3.8) is 0 Å². The molecule has 1 aromatic rings. The van der Waals surface area contributed by atoms with E-state index in [2.05, 4.69) is 19.4 Å². The van der Waals surface area contributed by atoms with Crippen molar-refractivity contribution >= 4 is 0 Å². The summed E-state index contributed by atoms with van der Waals surface area (Å²) in [6, 6.07) is 0.736. The lowest BCUT2D eigenvalue weighted by atomic mass is 10.1. The van der Waals surface area contributed by atoms with Gasteiger partial charge in [0, 0.05) is 71.5 Å². The lowest BCUT2D eigenvalue weighted by molar-refractivity contribution is 0.0121. The first-order valence-corrected chi connectivity index (χ1v) is 8.40. The summed E-state index contributed by atoms with van der Waals surface area (Å²) in [6.45, 7) is 9.03. The van der Waals surface area contributed by atoms with Gasteiger partial charge < -0.3 is 14.0 Å². The van der Waals surface area contributed by atoms with Crippen molar-refractivity contribution in [2.24, 2.45) is 0 Å². The summed E-state index contributed by atoms with van der Waals surface area (Å²) in [5, 5.41) is 0. The lowest BCUT2D eigenvalue weighted by Crippen LogP contribution is -2.51. The quantitative estimate of drug-likeness (QED) is 0.779. The van der Waals surface area contributed by atoms with Crippen LogP contribution < -0.4 is 0 Å². The van der Waals surface area contributed by atoms with Crippen LogP contribution in [0.1, 0.15) is 18.7 Å². The molecule has 0 aromatic carbocycles. The molecule has 0 amide bonds. The zero-order valence-electron chi connectivity index (χ0n) is 13.6. The van der Waals surface area contributed by atoms with Gasteiger partial charge in [0.25, 0.3) is 0 Å². The van der Waals surface area contributed by atoms with Gasteiger partial charge in [-0.05, 0) is 12.8 Å². The van der Waals surface area contributed by atoms with E-state index in [1.54, 1.807) is 7.11 Å². The second kappa shape index (κ2) is 8.06. The smallest absolute Gasteiger partial charge is 0.122 e. The Labute approximate surface area is 133 Å². The molecule has 0 N–H and O–H groups in total. The molecule has 0 spiro atoms. The maximum absolute atomic E-state index is 5.47. The number of methoxy groups -OCH3 is 1. The van der Waals surface area contributed by atoms with Gasteiger partial charge in [0.05, 0.1) is 13.2 Å². The number of hydrogen-bond donors (Lipinski definition) is 0. The largest absolute Gasteiger partial charge is 0.383 e. The summed E-state index contributed by atoms with van der Waals surface area (Å²) < 4.78 is 12.8. The minimum atomic E-state index is 0.736. The molecule has 22 heavy (non-hydrogen) atoms. The first-order chi connectivity index (χ1) is 10.9. The highest BCUT2D eigenvalue weighted by Gasteiger charge is 2.25. The second-order valence-electron chi connectivity index (χ2n) is 6.19. The zero-order valence-corrected chi connectivity index (χ0v) is 13.6. The summed E-state index contributed by atoms with van der Waals surface area (Å²) >= 11 is 0. The molecule has 2 aliphatic rings. The molecular formula is C16H28N4O2. The highest BCUT2D eigenvalue weighted by molar-refractivity contribution is 4.93. The fraction of sp³-hybridized carbons (Fsp3) is 0.812. The van der Waals surface area contributed by atoms with Crippen molar-refractivity contribution in [2.75, 3.05) is 53.1 Å². The number of ether oxygens (including phenoxy) is 2. The molecule has 0 atom stereocenters. The van der Waals surface area contributed by atoms with Crippen LogP contribution in [0.5, 0.6) is 0 Å². The summed E-state index contributed by atoms with van der Waals surface area (Å²) in [7, 11) is 1.74. The molecule has 6 heteroatoms. The van der Waals surface area contributed by atoms with E-state index in [1.807, 2.05) is 12.4 Å². The van der Waals surface area contributed by atoms with Gasteiger partial charge in [-0.3, -0.25) is 9.80 Å². The molecular weight excluding hydrogens is 280 g/mol. The third-order valence-electron chi connectivity index (χ3n) is 4.82. The minimum absolute atomic E-state index is 0.736. The van der Waals surface area contributed by atoms with E-state index in [0.717, 1.165) is 57.9 Å². The molecule has 3 rings (SSSR count). The number of aromatic nitrogens is 2. The molecule has 0 bridgehead atoms. The van der Waals surface area contributed by atoms with Gasteiger partial charge in [-0.25, -0.2) is 4.98 Å².